The SMILES string of the molecule is CCN(CC)CCCNC(=O)c1ccc(-c2cc3cc(Cl)c(Cl)cc3[nH]2)cc1OC. The summed E-state index contributed by atoms with van der Waals surface area (Å²) in [4.78, 5) is 18.3. The largest absolute Gasteiger partial charge is 0.496 e. The Morgan fingerprint density at radius 2 is 1.83 bits per heavy atom. The fourth-order valence-corrected chi connectivity index (χ4v) is 3.80. The molecule has 1 heterocycles. The third-order valence-corrected chi connectivity index (χ3v) is 5.97. The normalized spacial score (nSPS) is 11.3. The zero-order valence-corrected chi connectivity index (χ0v) is 19.0. The highest BCUT2D eigenvalue weighted by molar-refractivity contribution is 6.42. The lowest BCUT2D eigenvalue weighted by molar-refractivity contribution is 0.0949. The molecule has 3 aromatic rings. The minimum Gasteiger partial charge on any atom is -0.496 e. The molecule has 1 aromatic heterocycles. The predicted octanol–water partition coefficient (Wildman–Crippen LogP) is 5.61. The molecule has 0 unspecified atom stereocenters. The molecule has 0 aliphatic rings. The van der Waals surface area contributed by atoms with Crippen LogP contribution in [-0.2, 0) is 0 Å². The number of benzene rings is 2. The summed E-state index contributed by atoms with van der Waals surface area (Å²) in [5.41, 5.74) is 3.22. The van der Waals surface area contributed by atoms with E-state index in [0.29, 0.717) is 27.9 Å². The van der Waals surface area contributed by atoms with Gasteiger partial charge in [-0.2, -0.15) is 0 Å². The number of amides is 1. The van der Waals surface area contributed by atoms with E-state index in [2.05, 4.69) is 29.0 Å². The number of carbonyl (C=O) groups is 1. The fraction of sp³-hybridized carbons (Fsp3) is 0.348. The number of hydrogen-bond donors (Lipinski definition) is 2. The Morgan fingerprint density at radius 1 is 1.10 bits per heavy atom. The van der Waals surface area contributed by atoms with Crippen molar-refractivity contribution in [3.8, 4) is 17.0 Å². The lowest BCUT2D eigenvalue weighted by Crippen LogP contribution is -2.30. The van der Waals surface area contributed by atoms with Crippen molar-refractivity contribution in [2.45, 2.75) is 20.3 Å². The van der Waals surface area contributed by atoms with Gasteiger partial charge >= 0.3 is 0 Å². The van der Waals surface area contributed by atoms with Crippen LogP contribution in [0.1, 0.15) is 30.6 Å². The number of nitrogens with one attached hydrogen (secondary N) is 2. The summed E-state index contributed by atoms with van der Waals surface area (Å²) < 4.78 is 5.50. The van der Waals surface area contributed by atoms with Crippen LogP contribution in [0.4, 0.5) is 0 Å². The van der Waals surface area contributed by atoms with Gasteiger partial charge in [0.15, 0.2) is 0 Å². The molecule has 2 aromatic carbocycles. The van der Waals surface area contributed by atoms with Gasteiger partial charge in [0.2, 0.25) is 0 Å². The second-order valence-corrected chi connectivity index (χ2v) is 7.90. The van der Waals surface area contributed by atoms with E-state index < -0.39 is 0 Å². The number of rotatable bonds is 9. The first-order valence-corrected chi connectivity index (χ1v) is 10.9. The molecule has 0 aliphatic heterocycles. The lowest BCUT2D eigenvalue weighted by Gasteiger charge is -2.17. The second kappa shape index (κ2) is 10.2. The van der Waals surface area contributed by atoms with Crippen LogP contribution < -0.4 is 10.1 Å². The first kappa shape index (κ1) is 22.5. The number of methoxy groups -OCH3 is 1. The summed E-state index contributed by atoms with van der Waals surface area (Å²) in [5.74, 6) is 0.400. The molecule has 0 bridgehead atoms. The van der Waals surface area contributed by atoms with Crippen LogP contribution >= 0.6 is 23.2 Å². The van der Waals surface area contributed by atoms with Crippen LogP contribution in [0.5, 0.6) is 5.75 Å². The maximum absolute atomic E-state index is 12.6. The van der Waals surface area contributed by atoms with Crippen LogP contribution in [0.3, 0.4) is 0 Å². The third kappa shape index (κ3) is 5.09. The van der Waals surface area contributed by atoms with E-state index in [4.69, 9.17) is 27.9 Å². The summed E-state index contributed by atoms with van der Waals surface area (Å²) in [7, 11) is 1.57. The minimum atomic E-state index is -0.131. The molecule has 3 rings (SSSR count). The van der Waals surface area contributed by atoms with Crippen LogP contribution in [-0.4, -0.2) is 49.1 Å². The number of carbonyl (C=O) groups excluding carboxylic acids is 1. The van der Waals surface area contributed by atoms with Crippen molar-refractivity contribution in [2.24, 2.45) is 0 Å². The van der Waals surface area contributed by atoms with Crippen LogP contribution in [0, 0.1) is 0 Å². The van der Waals surface area contributed by atoms with Gasteiger partial charge in [0.05, 0.1) is 22.7 Å². The first-order valence-electron chi connectivity index (χ1n) is 10.1. The molecule has 0 atom stereocenters. The van der Waals surface area contributed by atoms with Gasteiger partial charge in [-0.25, -0.2) is 0 Å². The number of H-pyrrole nitrogens is 1. The quantitative estimate of drug-likeness (QED) is 0.419. The lowest BCUT2D eigenvalue weighted by atomic mass is 10.1. The Hall–Kier alpha value is -2.21. The number of nitrogens with zero attached hydrogens (tertiary/aromatic N) is 1. The van der Waals surface area contributed by atoms with Crippen molar-refractivity contribution in [3.05, 3.63) is 52.0 Å². The van der Waals surface area contributed by atoms with Crippen molar-refractivity contribution in [1.29, 1.82) is 0 Å². The molecule has 0 radical (unpaired) electrons. The Labute approximate surface area is 187 Å². The number of aromatic nitrogens is 1. The highest BCUT2D eigenvalue weighted by atomic mass is 35.5. The summed E-state index contributed by atoms with van der Waals surface area (Å²) in [5, 5.41) is 4.97. The van der Waals surface area contributed by atoms with Gasteiger partial charge in [0.1, 0.15) is 5.75 Å². The van der Waals surface area contributed by atoms with E-state index in [0.717, 1.165) is 48.2 Å². The molecule has 7 heteroatoms. The van der Waals surface area contributed by atoms with Gasteiger partial charge in [0, 0.05) is 28.7 Å². The molecule has 0 spiro atoms. The number of ether oxygens (including phenoxy) is 1. The van der Waals surface area contributed by atoms with E-state index in [1.807, 2.05) is 24.3 Å². The summed E-state index contributed by atoms with van der Waals surface area (Å²) in [6.07, 6.45) is 0.911. The summed E-state index contributed by atoms with van der Waals surface area (Å²) in [6.45, 7) is 7.93. The standard InChI is InChI=1S/C23H27Cl2N3O2/c1-4-28(5-2)10-6-9-26-23(29)17-8-7-15(13-22(17)30-3)20-12-16-11-18(24)19(25)14-21(16)27-20/h7-8,11-14,27H,4-6,9-10H2,1-3H3,(H,26,29). The third-order valence-electron chi connectivity index (χ3n) is 5.25. The maximum Gasteiger partial charge on any atom is 0.255 e. The second-order valence-electron chi connectivity index (χ2n) is 7.09. The fourth-order valence-electron chi connectivity index (χ4n) is 3.47. The number of halogens is 2. The molecule has 2 N–H and O–H groups in total. The average molecular weight is 448 g/mol. The Balaban J connectivity index is 1.74. The molecule has 0 saturated carbocycles. The van der Waals surface area contributed by atoms with Gasteiger partial charge in [-0.3, -0.25) is 4.79 Å². The molecule has 30 heavy (non-hydrogen) atoms. The van der Waals surface area contributed by atoms with E-state index in [-0.39, 0.29) is 5.91 Å². The molecule has 0 aliphatic carbocycles. The Morgan fingerprint density at radius 3 is 2.53 bits per heavy atom. The molecule has 0 fully saturated rings. The summed E-state index contributed by atoms with van der Waals surface area (Å²) >= 11 is 12.2. The Bertz CT molecular complexity index is 990. The topological polar surface area (TPSA) is 57.4 Å². The van der Waals surface area contributed by atoms with E-state index in [9.17, 15) is 4.79 Å². The average Bonchev–Trinajstić information content (AvgIpc) is 3.16. The molecular formula is C23H27Cl2N3O2. The smallest absolute Gasteiger partial charge is 0.255 e. The Kier molecular flexibility index (Phi) is 7.64. The van der Waals surface area contributed by atoms with Gasteiger partial charge < -0.3 is 19.9 Å². The zero-order valence-electron chi connectivity index (χ0n) is 17.5. The van der Waals surface area contributed by atoms with Crippen molar-refractivity contribution in [3.63, 3.8) is 0 Å². The molecular weight excluding hydrogens is 421 g/mol. The van der Waals surface area contributed by atoms with E-state index in [1.165, 1.54) is 0 Å². The van der Waals surface area contributed by atoms with Gasteiger partial charge in [-0.05, 0) is 56.4 Å². The number of fused-ring (bicyclic) bond motifs is 1. The highest BCUT2D eigenvalue weighted by Crippen LogP contribution is 2.33. The van der Waals surface area contributed by atoms with E-state index >= 15 is 0 Å². The first-order chi connectivity index (χ1) is 14.5. The van der Waals surface area contributed by atoms with Gasteiger partial charge in [0.25, 0.3) is 5.91 Å². The van der Waals surface area contributed by atoms with Crippen LogP contribution in [0.15, 0.2) is 36.4 Å². The summed E-state index contributed by atoms with van der Waals surface area (Å²) in [6, 6.07) is 11.2. The molecule has 5 nitrogen and oxygen atoms in total. The van der Waals surface area contributed by atoms with Crippen LogP contribution in [0.2, 0.25) is 10.0 Å². The van der Waals surface area contributed by atoms with Crippen LogP contribution in [0.25, 0.3) is 22.2 Å². The molecule has 160 valence electrons. The van der Waals surface area contributed by atoms with Crippen molar-refractivity contribution in [2.75, 3.05) is 33.3 Å². The van der Waals surface area contributed by atoms with Crippen molar-refractivity contribution in [1.82, 2.24) is 15.2 Å². The van der Waals surface area contributed by atoms with Gasteiger partial charge in [-0.15, -0.1) is 0 Å². The molecule has 0 saturated heterocycles. The maximum atomic E-state index is 12.6. The minimum absolute atomic E-state index is 0.131. The predicted molar refractivity (Wildman–Crippen MR) is 125 cm³/mol. The van der Waals surface area contributed by atoms with Crippen molar-refractivity contribution < 1.29 is 9.53 Å². The highest BCUT2D eigenvalue weighted by Gasteiger charge is 2.14. The molecule has 1 amide bonds. The van der Waals surface area contributed by atoms with E-state index in [1.54, 1.807) is 19.2 Å². The zero-order chi connectivity index (χ0) is 21.7. The number of hydrogen-bond acceptors (Lipinski definition) is 3. The monoisotopic (exact) mass is 447 g/mol. The van der Waals surface area contributed by atoms with Gasteiger partial charge in [-0.1, -0.05) is 43.1 Å². The number of aromatic amines is 1. The van der Waals surface area contributed by atoms with Crippen molar-refractivity contribution >= 4 is 40.0 Å².